The summed E-state index contributed by atoms with van der Waals surface area (Å²) in [5, 5.41) is 0. The highest BCUT2D eigenvalue weighted by Gasteiger charge is 2.32. The lowest BCUT2D eigenvalue weighted by atomic mass is 10.1. The summed E-state index contributed by atoms with van der Waals surface area (Å²) in [6.45, 7) is 10.3. The Morgan fingerprint density at radius 2 is 0.742 bits per heavy atom. The van der Waals surface area contributed by atoms with Crippen molar-refractivity contribution in [3.8, 4) is 0 Å². The summed E-state index contributed by atoms with van der Waals surface area (Å²) in [5.74, 6) is 0.739. The summed E-state index contributed by atoms with van der Waals surface area (Å²) in [7, 11) is -1.90. The van der Waals surface area contributed by atoms with E-state index in [4.69, 9.17) is 11.6 Å². The van der Waals surface area contributed by atoms with Gasteiger partial charge in [0.15, 0.2) is 0 Å². The Labute approximate surface area is 202 Å². The predicted molar refractivity (Wildman–Crippen MR) is 145 cm³/mol. The first kappa shape index (κ1) is 31.4. The lowest BCUT2D eigenvalue weighted by Gasteiger charge is -2.34. The van der Waals surface area contributed by atoms with Crippen LogP contribution in [0.5, 0.6) is 0 Å². The van der Waals surface area contributed by atoms with Gasteiger partial charge in [-0.15, -0.1) is 11.6 Å². The molecule has 0 aromatic carbocycles. The van der Waals surface area contributed by atoms with Gasteiger partial charge in [0, 0.05) is 5.88 Å². The van der Waals surface area contributed by atoms with E-state index in [0.29, 0.717) is 0 Å². The van der Waals surface area contributed by atoms with Crippen LogP contribution in [0.3, 0.4) is 0 Å². The third kappa shape index (κ3) is 20.7. The number of unbranched alkanes of at least 4 members (excludes halogenated alkanes) is 15. The molecule has 5 heteroatoms. The minimum atomic E-state index is -1.90. The van der Waals surface area contributed by atoms with Crippen LogP contribution < -0.4 is 14.9 Å². The molecule has 0 heterocycles. The molecule has 0 bridgehead atoms. The van der Waals surface area contributed by atoms with Crippen molar-refractivity contribution in [2.45, 2.75) is 142 Å². The monoisotopic (exact) mass is 475 g/mol. The maximum Gasteiger partial charge on any atom is 0.282 e. The van der Waals surface area contributed by atoms with Gasteiger partial charge in [-0.25, -0.2) is 0 Å². The third-order valence-corrected chi connectivity index (χ3v) is 10.4. The standard InChI is InChI=1S/C26H58ClN3Si/c1-4-7-10-13-16-19-23-28-31(26-22-27,29-24-20-17-14-11-8-5-2)30-25-21-18-15-12-9-6-3/h28-30H,4-26H2,1-3H3. The quantitative estimate of drug-likeness (QED) is 0.0672. The summed E-state index contributed by atoms with van der Waals surface area (Å²) in [4.78, 5) is 11.9. The molecule has 188 valence electrons. The molecule has 0 radical (unpaired) electrons. The Hall–Kier alpha value is 0.387. The number of nitrogens with one attached hydrogen (secondary N) is 3. The summed E-state index contributed by atoms with van der Waals surface area (Å²) in [6.07, 6.45) is 24.4. The van der Waals surface area contributed by atoms with Gasteiger partial charge in [-0.2, -0.15) is 0 Å². The van der Waals surface area contributed by atoms with Gasteiger partial charge in [0.2, 0.25) is 0 Å². The van der Waals surface area contributed by atoms with Crippen molar-refractivity contribution in [3.05, 3.63) is 0 Å². The molecule has 0 aliphatic rings. The first-order valence-electron chi connectivity index (χ1n) is 14.1. The molecule has 0 saturated heterocycles. The average molecular weight is 476 g/mol. The van der Waals surface area contributed by atoms with E-state index in [1.807, 2.05) is 0 Å². The first-order chi connectivity index (χ1) is 15.2. The highest BCUT2D eigenvalue weighted by Crippen LogP contribution is 2.09. The molecule has 0 amide bonds. The molecule has 0 rings (SSSR count). The maximum atomic E-state index is 6.29. The number of alkyl halides is 1. The zero-order valence-electron chi connectivity index (χ0n) is 21.6. The third-order valence-electron chi connectivity index (χ3n) is 6.34. The van der Waals surface area contributed by atoms with E-state index < -0.39 is 8.56 Å². The minimum absolute atomic E-state index is 0.739. The van der Waals surface area contributed by atoms with E-state index in [0.717, 1.165) is 31.6 Å². The van der Waals surface area contributed by atoms with E-state index in [1.165, 1.54) is 116 Å². The number of halogens is 1. The van der Waals surface area contributed by atoms with E-state index >= 15 is 0 Å². The summed E-state index contributed by atoms with van der Waals surface area (Å²) >= 11 is 6.29. The Bertz CT molecular complexity index is 299. The van der Waals surface area contributed by atoms with Crippen LogP contribution in [0.15, 0.2) is 0 Å². The maximum absolute atomic E-state index is 6.29. The van der Waals surface area contributed by atoms with Gasteiger partial charge in [-0.3, -0.25) is 0 Å². The predicted octanol–water partition coefficient (Wildman–Crippen LogP) is 8.01. The van der Waals surface area contributed by atoms with Gasteiger partial charge in [-0.05, 0) is 44.9 Å². The van der Waals surface area contributed by atoms with Crippen molar-refractivity contribution < 1.29 is 0 Å². The average Bonchev–Trinajstić information content (AvgIpc) is 2.77. The summed E-state index contributed by atoms with van der Waals surface area (Å²) in [5.41, 5.74) is 0. The Kier molecular flexibility index (Phi) is 25.3. The molecule has 3 nitrogen and oxygen atoms in total. The molecule has 0 saturated carbocycles. The van der Waals surface area contributed by atoms with Gasteiger partial charge < -0.3 is 14.9 Å². The fraction of sp³-hybridized carbons (Fsp3) is 1.00. The van der Waals surface area contributed by atoms with Crippen molar-refractivity contribution in [2.24, 2.45) is 0 Å². The molecule has 0 aromatic heterocycles. The smallest absolute Gasteiger partial charge is 0.282 e. The van der Waals surface area contributed by atoms with E-state index in [9.17, 15) is 0 Å². The number of rotatable bonds is 26. The highest BCUT2D eigenvalue weighted by atomic mass is 35.5. The van der Waals surface area contributed by atoms with Crippen LogP contribution in [0.2, 0.25) is 6.04 Å². The molecular weight excluding hydrogens is 418 g/mol. The summed E-state index contributed by atoms with van der Waals surface area (Å²) in [6, 6.07) is 1.07. The van der Waals surface area contributed by atoms with Gasteiger partial charge in [-0.1, -0.05) is 117 Å². The van der Waals surface area contributed by atoms with Gasteiger partial charge in [0.25, 0.3) is 8.56 Å². The molecule has 0 atom stereocenters. The fourth-order valence-corrected chi connectivity index (χ4v) is 8.07. The van der Waals surface area contributed by atoms with Crippen molar-refractivity contribution in [3.63, 3.8) is 0 Å². The van der Waals surface area contributed by atoms with Crippen LogP contribution in [0, 0.1) is 0 Å². The van der Waals surface area contributed by atoms with Gasteiger partial charge in [0.1, 0.15) is 0 Å². The lowest BCUT2D eigenvalue weighted by Crippen LogP contribution is -2.72. The Balaban J connectivity index is 4.39. The Morgan fingerprint density at radius 3 is 1.03 bits per heavy atom. The molecule has 0 aliphatic carbocycles. The zero-order valence-corrected chi connectivity index (χ0v) is 23.4. The van der Waals surface area contributed by atoms with Crippen molar-refractivity contribution in [2.75, 3.05) is 25.5 Å². The molecule has 0 aromatic rings. The topological polar surface area (TPSA) is 36.1 Å². The second-order valence-electron chi connectivity index (χ2n) is 9.43. The van der Waals surface area contributed by atoms with Crippen LogP contribution in [0.1, 0.15) is 136 Å². The van der Waals surface area contributed by atoms with Crippen molar-refractivity contribution >= 4 is 20.2 Å². The van der Waals surface area contributed by atoms with Crippen LogP contribution in [0.4, 0.5) is 0 Å². The molecule has 0 fully saturated rings. The minimum Gasteiger partial charge on any atom is -0.313 e. The normalized spacial score (nSPS) is 12.0. The van der Waals surface area contributed by atoms with Crippen molar-refractivity contribution in [1.82, 2.24) is 14.9 Å². The highest BCUT2D eigenvalue weighted by molar-refractivity contribution is 6.73. The number of hydrogen-bond acceptors (Lipinski definition) is 3. The van der Waals surface area contributed by atoms with E-state index in [1.54, 1.807) is 0 Å². The van der Waals surface area contributed by atoms with Gasteiger partial charge >= 0.3 is 0 Å². The summed E-state index contributed by atoms with van der Waals surface area (Å²) < 4.78 is 0. The molecule has 0 unspecified atom stereocenters. The SMILES string of the molecule is CCCCCCCCN[Si](CCCl)(NCCCCCCCC)NCCCCCCCC. The molecule has 0 aliphatic heterocycles. The lowest BCUT2D eigenvalue weighted by molar-refractivity contribution is 0.573. The number of hydrogen-bond donors (Lipinski definition) is 3. The Morgan fingerprint density at radius 1 is 0.452 bits per heavy atom. The van der Waals surface area contributed by atoms with Crippen LogP contribution >= 0.6 is 11.6 Å². The first-order valence-corrected chi connectivity index (χ1v) is 16.8. The van der Waals surface area contributed by atoms with E-state index in [2.05, 4.69) is 35.7 Å². The second-order valence-corrected chi connectivity index (χ2v) is 13.2. The molecule has 0 spiro atoms. The largest absolute Gasteiger partial charge is 0.313 e. The van der Waals surface area contributed by atoms with Crippen LogP contribution in [-0.2, 0) is 0 Å². The van der Waals surface area contributed by atoms with Crippen LogP contribution in [-0.4, -0.2) is 34.1 Å². The molecular formula is C26H58ClN3Si. The molecule has 31 heavy (non-hydrogen) atoms. The molecule has 3 N–H and O–H groups in total. The van der Waals surface area contributed by atoms with E-state index in [-0.39, 0.29) is 0 Å². The second kappa shape index (κ2) is 25.0. The fourth-order valence-electron chi connectivity index (χ4n) is 4.22. The van der Waals surface area contributed by atoms with Gasteiger partial charge in [0.05, 0.1) is 0 Å². The zero-order chi connectivity index (χ0) is 22.9. The van der Waals surface area contributed by atoms with Crippen molar-refractivity contribution in [1.29, 1.82) is 0 Å². The van der Waals surface area contributed by atoms with Crippen LogP contribution in [0.25, 0.3) is 0 Å².